The van der Waals surface area contributed by atoms with Crippen LogP contribution in [0, 0.1) is 0 Å². The van der Waals surface area contributed by atoms with Gasteiger partial charge in [-0.1, -0.05) is 31.2 Å². The Bertz CT molecular complexity index is 555. The highest BCUT2D eigenvalue weighted by atomic mass is 32.1. The van der Waals surface area contributed by atoms with Crippen LogP contribution < -0.4 is 15.4 Å². The van der Waals surface area contributed by atoms with Gasteiger partial charge in [0.1, 0.15) is 12.4 Å². The number of thiophene rings is 1. The van der Waals surface area contributed by atoms with Gasteiger partial charge in [0.2, 0.25) is 0 Å². The molecule has 0 saturated carbocycles. The van der Waals surface area contributed by atoms with Gasteiger partial charge in [-0.15, -0.1) is 11.3 Å². The average Bonchev–Trinajstić information content (AvgIpc) is 3.09. The molecule has 118 valence electrons. The van der Waals surface area contributed by atoms with E-state index in [0.717, 1.165) is 18.3 Å². The summed E-state index contributed by atoms with van der Waals surface area (Å²) in [5.74, 6) is 2.16. The van der Waals surface area contributed by atoms with Crippen molar-refractivity contribution in [2.24, 2.45) is 4.99 Å². The van der Waals surface area contributed by atoms with Crippen LogP contribution in [0.1, 0.15) is 17.7 Å². The molecule has 0 radical (unpaired) electrons. The van der Waals surface area contributed by atoms with E-state index < -0.39 is 0 Å². The maximum atomic E-state index is 5.64. The minimum atomic E-state index is 0.471. The van der Waals surface area contributed by atoms with Crippen LogP contribution >= 0.6 is 11.3 Å². The molecule has 1 heterocycles. The van der Waals surface area contributed by atoms with Crippen molar-refractivity contribution in [3.63, 3.8) is 0 Å². The van der Waals surface area contributed by atoms with Crippen molar-refractivity contribution in [1.82, 2.24) is 10.6 Å². The summed E-state index contributed by atoms with van der Waals surface area (Å²) in [6.45, 7) is 4.39. The molecule has 0 aliphatic rings. The van der Waals surface area contributed by atoms with E-state index in [0.29, 0.717) is 19.1 Å². The van der Waals surface area contributed by atoms with Gasteiger partial charge >= 0.3 is 0 Å². The standard InChI is InChI=1S/C17H23N3OS/c1-14(16-9-6-12-22-16)13-20-17(18-2)19-10-11-21-15-7-4-3-5-8-15/h3-9,12,14H,10-11,13H2,1-2H3,(H2,18,19,20). The number of nitrogens with one attached hydrogen (secondary N) is 2. The van der Waals surface area contributed by atoms with Crippen molar-refractivity contribution in [2.45, 2.75) is 12.8 Å². The molecule has 0 saturated heterocycles. The van der Waals surface area contributed by atoms with Crippen LogP contribution in [0.4, 0.5) is 0 Å². The number of ether oxygens (including phenoxy) is 1. The maximum absolute atomic E-state index is 5.64. The number of benzene rings is 1. The van der Waals surface area contributed by atoms with Crippen molar-refractivity contribution in [1.29, 1.82) is 0 Å². The molecule has 2 aromatic rings. The van der Waals surface area contributed by atoms with Crippen molar-refractivity contribution < 1.29 is 4.74 Å². The number of hydrogen-bond acceptors (Lipinski definition) is 3. The first kappa shape index (κ1) is 16.4. The maximum Gasteiger partial charge on any atom is 0.191 e. The third-order valence-corrected chi connectivity index (χ3v) is 4.34. The number of guanidine groups is 1. The molecule has 1 aromatic heterocycles. The summed E-state index contributed by atoms with van der Waals surface area (Å²) in [6, 6.07) is 14.1. The normalized spacial score (nSPS) is 12.7. The fraction of sp³-hybridized carbons (Fsp3) is 0.353. The zero-order chi connectivity index (χ0) is 15.6. The monoisotopic (exact) mass is 317 g/mol. The number of para-hydroxylation sites is 1. The number of hydrogen-bond donors (Lipinski definition) is 2. The highest BCUT2D eigenvalue weighted by Crippen LogP contribution is 2.19. The zero-order valence-corrected chi connectivity index (χ0v) is 13.9. The molecule has 0 bridgehead atoms. The summed E-state index contributed by atoms with van der Waals surface area (Å²) in [7, 11) is 1.78. The number of nitrogens with zero attached hydrogens (tertiary/aromatic N) is 1. The summed E-state index contributed by atoms with van der Waals surface area (Å²) >= 11 is 1.79. The quantitative estimate of drug-likeness (QED) is 0.468. The van der Waals surface area contributed by atoms with Crippen molar-refractivity contribution in [2.75, 3.05) is 26.7 Å². The van der Waals surface area contributed by atoms with Gasteiger partial charge in [-0.25, -0.2) is 0 Å². The van der Waals surface area contributed by atoms with E-state index in [-0.39, 0.29) is 0 Å². The lowest BCUT2D eigenvalue weighted by molar-refractivity contribution is 0.322. The third-order valence-electron chi connectivity index (χ3n) is 3.23. The summed E-state index contributed by atoms with van der Waals surface area (Å²) in [5, 5.41) is 8.71. The molecular weight excluding hydrogens is 294 g/mol. The first-order chi connectivity index (χ1) is 10.8. The molecule has 22 heavy (non-hydrogen) atoms. The summed E-state index contributed by atoms with van der Waals surface area (Å²) in [5.41, 5.74) is 0. The van der Waals surface area contributed by atoms with E-state index in [2.05, 4.69) is 40.1 Å². The molecule has 0 amide bonds. The molecule has 1 aromatic carbocycles. The molecule has 2 rings (SSSR count). The highest BCUT2D eigenvalue weighted by Gasteiger charge is 2.07. The minimum Gasteiger partial charge on any atom is -0.492 e. The van der Waals surface area contributed by atoms with E-state index in [9.17, 15) is 0 Å². The Morgan fingerprint density at radius 2 is 2.00 bits per heavy atom. The highest BCUT2D eigenvalue weighted by molar-refractivity contribution is 7.10. The van der Waals surface area contributed by atoms with E-state index in [1.165, 1.54) is 4.88 Å². The fourth-order valence-electron chi connectivity index (χ4n) is 2.00. The third kappa shape index (κ3) is 5.41. The van der Waals surface area contributed by atoms with E-state index in [1.54, 1.807) is 18.4 Å². The van der Waals surface area contributed by atoms with Crippen LogP contribution in [0.3, 0.4) is 0 Å². The van der Waals surface area contributed by atoms with Gasteiger partial charge in [0.05, 0.1) is 6.54 Å². The smallest absolute Gasteiger partial charge is 0.191 e. The fourth-order valence-corrected chi connectivity index (χ4v) is 2.78. The van der Waals surface area contributed by atoms with E-state index in [4.69, 9.17) is 4.74 Å². The molecule has 1 unspecified atom stereocenters. The second-order valence-electron chi connectivity index (χ2n) is 4.96. The average molecular weight is 317 g/mol. The van der Waals surface area contributed by atoms with Crippen molar-refractivity contribution in [3.8, 4) is 5.75 Å². The van der Waals surface area contributed by atoms with Crippen LogP contribution in [-0.4, -0.2) is 32.7 Å². The lowest BCUT2D eigenvalue weighted by Gasteiger charge is -2.15. The van der Waals surface area contributed by atoms with Gasteiger partial charge in [-0.2, -0.15) is 0 Å². The second kappa shape index (κ2) is 9.10. The van der Waals surface area contributed by atoms with Crippen LogP contribution in [-0.2, 0) is 0 Å². The minimum absolute atomic E-state index is 0.471. The van der Waals surface area contributed by atoms with Gasteiger partial charge in [-0.3, -0.25) is 4.99 Å². The summed E-state index contributed by atoms with van der Waals surface area (Å²) in [6.07, 6.45) is 0. The number of aliphatic imine (C=N–C) groups is 1. The van der Waals surface area contributed by atoms with Crippen molar-refractivity contribution >= 4 is 17.3 Å². The molecule has 0 aliphatic carbocycles. The lowest BCUT2D eigenvalue weighted by atomic mass is 10.1. The predicted molar refractivity (Wildman–Crippen MR) is 94.0 cm³/mol. The molecule has 0 aliphatic heterocycles. The van der Waals surface area contributed by atoms with E-state index in [1.807, 2.05) is 30.3 Å². The molecule has 0 fully saturated rings. The lowest BCUT2D eigenvalue weighted by Crippen LogP contribution is -2.40. The van der Waals surface area contributed by atoms with Gasteiger partial charge < -0.3 is 15.4 Å². The topological polar surface area (TPSA) is 45.7 Å². The van der Waals surface area contributed by atoms with Crippen LogP contribution in [0.25, 0.3) is 0 Å². The van der Waals surface area contributed by atoms with Gasteiger partial charge in [0.25, 0.3) is 0 Å². The Kier molecular flexibility index (Phi) is 6.77. The summed E-state index contributed by atoms with van der Waals surface area (Å²) < 4.78 is 5.64. The Hall–Kier alpha value is -2.01. The van der Waals surface area contributed by atoms with Gasteiger partial charge in [0.15, 0.2) is 5.96 Å². The summed E-state index contributed by atoms with van der Waals surface area (Å²) in [4.78, 5) is 5.61. The van der Waals surface area contributed by atoms with Crippen molar-refractivity contribution in [3.05, 3.63) is 52.7 Å². The largest absolute Gasteiger partial charge is 0.492 e. The van der Waals surface area contributed by atoms with Crippen LogP contribution in [0.2, 0.25) is 0 Å². The number of rotatable bonds is 7. The molecule has 5 heteroatoms. The Balaban J connectivity index is 1.65. The Morgan fingerprint density at radius 1 is 1.18 bits per heavy atom. The van der Waals surface area contributed by atoms with Crippen LogP contribution in [0.15, 0.2) is 52.8 Å². The second-order valence-corrected chi connectivity index (χ2v) is 5.94. The first-order valence-corrected chi connectivity index (χ1v) is 8.33. The SMILES string of the molecule is CN=C(NCCOc1ccccc1)NCC(C)c1cccs1. The van der Waals surface area contributed by atoms with Gasteiger partial charge in [0, 0.05) is 24.4 Å². The molecule has 2 N–H and O–H groups in total. The Labute approximate surface area is 136 Å². The predicted octanol–water partition coefficient (Wildman–Crippen LogP) is 3.10. The zero-order valence-electron chi connectivity index (χ0n) is 13.1. The van der Waals surface area contributed by atoms with E-state index >= 15 is 0 Å². The first-order valence-electron chi connectivity index (χ1n) is 7.45. The van der Waals surface area contributed by atoms with Gasteiger partial charge in [-0.05, 0) is 23.6 Å². The molecular formula is C17H23N3OS. The molecule has 4 nitrogen and oxygen atoms in total. The van der Waals surface area contributed by atoms with Crippen LogP contribution in [0.5, 0.6) is 5.75 Å². The molecule has 1 atom stereocenters. The Morgan fingerprint density at radius 3 is 2.68 bits per heavy atom. The molecule has 0 spiro atoms.